The third kappa shape index (κ3) is 5.08. The number of alkyl halides is 3. The zero-order chi connectivity index (χ0) is 18.6. The van der Waals surface area contributed by atoms with Gasteiger partial charge in [-0.3, -0.25) is 14.9 Å². The number of carbonyl (C=O) groups is 1. The average Bonchev–Trinajstić information content (AvgIpc) is 2.51. The minimum Gasteiger partial charge on any atom is -0.477 e. The molecule has 0 saturated heterocycles. The fourth-order valence-corrected chi connectivity index (χ4v) is 2.06. The smallest absolute Gasteiger partial charge is 0.416 e. The number of anilines is 1. The van der Waals surface area contributed by atoms with Gasteiger partial charge >= 0.3 is 11.9 Å². The molecule has 0 fully saturated rings. The quantitative estimate of drug-likeness (QED) is 0.625. The highest BCUT2D eigenvalue weighted by molar-refractivity contribution is 6.30. The fraction of sp³-hybridized carbons (Fsp3) is 0.133. The SMILES string of the molecule is O=C(COc1ccc(C(F)(F)F)cc1[N+](=O)[O-])Nc1cccc(Cl)c1. The van der Waals surface area contributed by atoms with Crippen LogP contribution in [0.25, 0.3) is 0 Å². The maximum absolute atomic E-state index is 12.6. The summed E-state index contributed by atoms with van der Waals surface area (Å²) in [5.41, 5.74) is -1.69. The number of benzene rings is 2. The van der Waals surface area contributed by atoms with Crippen LogP contribution in [0.2, 0.25) is 5.02 Å². The van der Waals surface area contributed by atoms with E-state index in [1.165, 1.54) is 6.07 Å². The Balaban J connectivity index is 2.09. The molecule has 0 atom stereocenters. The number of nitrogens with one attached hydrogen (secondary N) is 1. The molecule has 0 aliphatic carbocycles. The van der Waals surface area contributed by atoms with Crippen molar-refractivity contribution in [2.75, 3.05) is 11.9 Å². The van der Waals surface area contributed by atoms with Crippen molar-refractivity contribution in [1.82, 2.24) is 0 Å². The van der Waals surface area contributed by atoms with Gasteiger partial charge in [0.25, 0.3) is 5.91 Å². The minimum absolute atomic E-state index is 0.351. The van der Waals surface area contributed by atoms with Crippen molar-refractivity contribution < 1.29 is 27.6 Å². The first-order valence-electron chi connectivity index (χ1n) is 6.70. The third-order valence-corrected chi connectivity index (χ3v) is 3.19. The van der Waals surface area contributed by atoms with E-state index in [2.05, 4.69) is 5.32 Å². The van der Waals surface area contributed by atoms with Crippen molar-refractivity contribution in [1.29, 1.82) is 0 Å². The molecule has 0 heterocycles. The lowest BCUT2D eigenvalue weighted by Crippen LogP contribution is -2.20. The third-order valence-electron chi connectivity index (χ3n) is 2.95. The maximum Gasteiger partial charge on any atom is 0.416 e. The summed E-state index contributed by atoms with van der Waals surface area (Å²) in [6.07, 6.45) is -4.73. The van der Waals surface area contributed by atoms with Crippen LogP contribution in [-0.4, -0.2) is 17.4 Å². The van der Waals surface area contributed by atoms with Crippen LogP contribution in [-0.2, 0) is 11.0 Å². The van der Waals surface area contributed by atoms with Gasteiger partial charge in [0.05, 0.1) is 10.5 Å². The Morgan fingerprint density at radius 2 is 1.96 bits per heavy atom. The van der Waals surface area contributed by atoms with Gasteiger partial charge in [0, 0.05) is 16.8 Å². The van der Waals surface area contributed by atoms with Gasteiger partial charge in [-0.15, -0.1) is 0 Å². The molecule has 25 heavy (non-hydrogen) atoms. The molecule has 2 rings (SSSR count). The maximum atomic E-state index is 12.6. The van der Waals surface area contributed by atoms with Crippen LogP contribution in [0.3, 0.4) is 0 Å². The van der Waals surface area contributed by atoms with Gasteiger partial charge in [-0.05, 0) is 30.3 Å². The van der Waals surface area contributed by atoms with Gasteiger partial charge in [-0.2, -0.15) is 13.2 Å². The topological polar surface area (TPSA) is 81.5 Å². The first-order valence-corrected chi connectivity index (χ1v) is 7.08. The Morgan fingerprint density at radius 1 is 1.24 bits per heavy atom. The number of carbonyl (C=O) groups excluding carboxylic acids is 1. The summed E-state index contributed by atoms with van der Waals surface area (Å²) in [6.45, 7) is -0.626. The van der Waals surface area contributed by atoms with Crippen molar-refractivity contribution in [3.63, 3.8) is 0 Å². The summed E-state index contributed by atoms with van der Waals surface area (Å²) < 4.78 is 42.8. The lowest BCUT2D eigenvalue weighted by molar-refractivity contribution is -0.386. The lowest BCUT2D eigenvalue weighted by Gasteiger charge is -2.10. The predicted octanol–water partition coefficient (Wildman–Crippen LogP) is 4.28. The van der Waals surface area contributed by atoms with Crippen LogP contribution in [0, 0.1) is 10.1 Å². The fourth-order valence-electron chi connectivity index (χ4n) is 1.87. The van der Waals surface area contributed by atoms with Gasteiger partial charge in [0.1, 0.15) is 0 Å². The second kappa shape index (κ2) is 7.39. The van der Waals surface area contributed by atoms with E-state index in [4.69, 9.17) is 16.3 Å². The second-order valence-electron chi connectivity index (χ2n) is 4.78. The molecule has 1 amide bonds. The number of nitro groups is 1. The number of halogens is 4. The Labute approximate surface area is 144 Å². The first kappa shape index (κ1) is 18.5. The lowest BCUT2D eigenvalue weighted by atomic mass is 10.2. The zero-order valence-corrected chi connectivity index (χ0v) is 13.1. The molecule has 0 aromatic heterocycles. The molecule has 6 nitrogen and oxygen atoms in total. The van der Waals surface area contributed by atoms with Crippen LogP contribution in [0.4, 0.5) is 24.5 Å². The molecule has 0 unspecified atom stereocenters. The number of ether oxygens (including phenoxy) is 1. The first-order chi connectivity index (χ1) is 11.7. The van der Waals surface area contributed by atoms with Gasteiger partial charge in [0.15, 0.2) is 12.4 Å². The molecule has 132 valence electrons. The molecule has 0 aliphatic rings. The van der Waals surface area contributed by atoms with E-state index in [9.17, 15) is 28.1 Å². The van der Waals surface area contributed by atoms with Gasteiger partial charge in [0.2, 0.25) is 0 Å². The second-order valence-corrected chi connectivity index (χ2v) is 5.22. The number of hydrogen-bond acceptors (Lipinski definition) is 4. The molecule has 1 N–H and O–H groups in total. The molecule has 10 heteroatoms. The van der Waals surface area contributed by atoms with E-state index < -0.39 is 40.6 Å². The Kier molecular flexibility index (Phi) is 5.48. The average molecular weight is 375 g/mol. The highest BCUT2D eigenvalue weighted by Crippen LogP contribution is 2.36. The summed E-state index contributed by atoms with van der Waals surface area (Å²) in [4.78, 5) is 21.7. The number of nitrogens with zero attached hydrogens (tertiary/aromatic N) is 1. The van der Waals surface area contributed by atoms with E-state index in [0.29, 0.717) is 22.8 Å². The van der Waals surface area contributed by atoms with Gasteiger partial charge < -0.3 is 10.1 Å². The van der Waals surface area contributed by atoms with Crippen LogP contribution in [0.5, 0.6) is 5.75 Å². The van der Waals surface area contributed by atoms with Crippen LogP contribution >= 0.6 is 11.6 Å². The largest absolute Gasteiger partial charge is 0.477 e. The number of nitro benzene ring substituents is 1. The van der Waals surface area contributed by atoms with Crippen molar-refractivity contribution in [3.05, 3.63) is 63.2 Å². The number of amides is 1. The molecular weight excluding hydrogens is 365 g/mol. The summed E-state index contributed by atoms with van der Waals surface area (Å²) >= 11 is 5.76. The highest BCUT2D eigenvalue weighted by Gasteiger charge is 2.33. The zero-order valence-electron chi connectivity index (χ0n) is 12.3. The number of hydrogen-bond donors (Lipinski definition) is 1. The summed E-state index contributed by atoms with van der Waals surface area (Å²) in [5.74, 6) is -1.10. The Hall–Kier alpha value is -2.81. The van der Waals surface area contributed by atoms with Gasteiger partial charge in [-0.1, -0.05) is 17.7 Å². The number of rotatable bonds is 5. The van der Waals surface area contributed by atoms with Crippen molar-refractivity contribution in [3.8, 4) is 5.75 Å². The van der Waals surface area contributed by atoms with Gasteiger partial charge in [-0.25, -0.2) is 0 Å². The van der Waals surface area contributed by atoms with Crippen molar-refractivity contribution in [2.45, 2.75) is 6.18 Å². The van der Waals surface area contributed by atoms with E-state index in [1.54, 1.807) is 18.2 Å². The summed E-state index contributed by atoms with van der Waals surface area (Å²) in [5, 5.41) is 13.7. The van der Waals surface area contributed by atoms with Crippen molar-refractivity contribution in [2.24, 2.45) is 0 Å². The van der Waals surface area contributed by atoms with Crippen LogP contribution in [0.15, 0.2) is 42.5 Å². The molecule has 0 aliphatic heterocycles. The van der Waals surface area contributed by atoms with E-state index in [0.717, 1.165) is 6.07 Å². The van der Waals surface area contributed by atoms with Crippen LogP contribution < -0.4 is 10.1 Å². The van der Waals surface area contributed by atoms with Crippen molar-refractivity contribution >= 4 is 28.9 Å². The summed E-state index contributed by atoms with van der Waals surface area (Å²) in [6, 6.07) is 8.01. The molecule has 0 radical (unpaired) electrons. The highest BCUT2D eigenvalue weighted by atomic mass is 35.5. The predicted molar refractivity (Wildman–Crippen MR) is 83.7 cm³/mol. The molecule has 2 aromatic carbocycles. The molecular formula is C15H10ClF3N2O4. The molecule has 0 bridgehead atoms. The molecule has 0 spiro atoms. The Bertz CT molecular complexity index is 812. The van der Waals surface area contributed by atoms with Crippen LogP contribution in [0.1, 0.15) is 5.56 Å². The summed E-state index contributed by atoms with van der Waals surface area (Å²) in [7, 11) is 0. The minimum atomic E-state index is -4.73. The monoisotopic (exact) mass is 374 g/mol. The molecule has 0 saturated carbocycles. The van der Waals surface area contributed by atoms with E-state index in [1.807, 2.05) is 0 Å². The molecule has 2 aromatic rings. The Morgan fingerprint density at radius 3 is 2.56 bits per heavy atom. The standard InChI is InChI=1S/C15H10ClF3N2O4/c16-10-2-1-3-11(7-10)20-14(22)8-25-13-5-4-9(15(17,18)19)6-12(13)21(23)24/h1-7H,8H2,(H,20,22). The normalized spacial score (nSPS) is 11.0. The van der Waals surface area contributed by atoms with E-state index >= 15 is 0 Å². The van der Waals surface area contributed by atoms with E-state index in [-0.39, 0.29) is 0 Å².